The molecule has 0 radical (unpaired) electrons. The Hall–Kier alpha value is -1.57. The first-order chi connectivity index (χ1) is 12.1. The Bertz CT molecular complexity index is 880. The molecule has 2 aliphatic rings. The minimum Gasteiger partial charge on any atom is -0.768 e. The molecule has 0 aliphatic heterocycles. The Morgan fingerprint density at radius 2 is 2.16 bits per heavy atom. The van der Waals surface area contributed by atoms with E-state index in [1.54, 1.807) is 0 Å². The van der Waals surface area contributed by atoms with Gasteiger partial charge in [-0.05, 0) is 79.2 Å². The van der Waals surface area contributed by atoms with Crippen molar-refractivity contribution in [1.82, 2.24) is 15.6 Å². The van der Waals surface area contributed by atoms with Crippen molar-refractivity contribution in [2.24, 2.45) is 0 Å². The van der Waals surface area contributed by atoms with Crippen LogP contribution in [0, 0.1) is 0 Å². The first-order valence-corrected chi connectivity index (χ1v) is 10.2. The molecule has 1 aromatic heterocycles. The number of nitrogens with zero attached hydrogens (tertiary/aromatic N) is 1. The van der Waals surface area contributed by atoms with Gasteiger partial charge in [-0.2, -0.15) is 0 Å². The van der Waals surface area contributed by atoms with Crippen molar-refractivity contribution in [3.05, 3.63) is 35.2 Å². The zero-order chi connectivity index (χ0) is 17.6. The lowest BCUT2D eigenvalue weighted by molar-refractivity contribution is 0.538. The summed E-state index contributed by atoms with van der Waals surface area (Å²) in [6, 6.07) is 3.89. The molecule has 0 saturated heterocycles. The van der Waals surface area contributed by atoms with E-state index in [9.17, 15) is 8.76 Å². The van der Waals surface area contributed by atoms with Crippen molar-refractivity contribution >= 4 is 39.2 Å². The smallest absolute Gasteiger partial charge is 0.166 e. The predicted octanol–water partition coefficient (Wildman–Crippen LogP) is 2.82. The van der Waals surface area contributed by atoms with Crippen LogP contribution in [-0.4, -0.2) is 25.4 Å². The van der Waals surface area contributed by atoms with Crippen LogP contribution in [0.4, 0.5) is 0 Å². The van der Waals surface area contributed by atoms with Crippen LogP contribution in [0.15, 0.2) is 23.2 Å². The van der Waals surface area contributed by atoms with E-state index in [2.05, 4.69) is 15.6 Å². The van der Waals surface area contributed by atoms with Crippen LogP contribution in [0.1, 0.15) is 55.0 Å². The van der Waals surface area contributed by atoms with Gasteiger partial charge in [0.05, 0.1) is 6.04 Å². The number of aromatic nitrogens is 1. The van der Waals surface area contributed by atoms with Crippen molar-refractivity contribution < 1.29 is 8.76 Å². The molecule has 4 rings (SSSR count). The van der Waals surface area contributed by atoms with Gasteiger partial charge in [0.1, 0.15) is 0 Å². The zero-order valence-corrected chi connectivity index (χ0v) is 15.6. The summed E-state index contributed by atoms with van der Waals surface area (Å²) in [6.45, 7) is 2.78. The summed E-state index contributed by atoms with van der Waals surface area (Å²) in [5.41, 5.74) is 3.22. The number of hydrogen-bond donors (Lipinski definition) is 2. The highest BCUT2D eigenvalue weighted by Gasteiger charge is 2.29. The van der Waals surface area contributed by atoms with E-state index in [4.69, 9.17) is 12.2 Å². The summed E-state index contributed by atoms with van der Waals surface area (Å²) in [4.78, 5) is 5.00. The molecule has 2 unspecified atom stereocenters. The van der Waals surface area contributed by atoms with Gasteiger partial charge in [0.25, 0.3) is 0 Å². The van der Waals surface area contributed by atoms with Gasteiger partial charge in [-0.15, -0.1) is 0 Å². The largest absolute Gasteiger partial charge is 0.768 e. The molecule has 5 nitrogen and oxygen atoms in total. The quantitative estimate of drug-likeness (QED) is 0.633. The summed E-state index contributed by atoms with van der Waals surface area (Å²) in [6.07, 6.45) is 5.87. The van der Waals surface area contributed by atoms with Gasteiger partial charge >= 0.3 is 0 Å². The van der Waals surface area contributed by atoms with E-state index >= 15 is 0 Å². The first kappa shape index (κ1) is 16.9. The number of nitrogens with one attached hydrogen (secondary N) is 2. The van der Waals surface area contributed by atoms with Gasteiger partial charge < -0.3 is 15.2 Å². The number of benzene rings is 1. The summed E-state index contributed by atoms with van der Waals surface area (Å²) >= 11 is 3.08. The van der Waals surface area contributed by atoms with Gasteiger partial charge in [-0.3, -0.25) is 9.19 Å². The molecule has 0 amide bonds. The van der Waals surface area contributed by atoms with Crippen LogP contribution in [-0.2, 0) is 17.5 Å². The Kier molecular flexibility index (Phi) is 4.47. The highest BCUT2D eigenvalue weighted by Crippen LogP contribution is 2.43. The third-order valence-electron chi connectivity index (χ3n) is 5.00. The molecule has 2 aromatic rings. The summed E-state index contributed by atoms with van der Waals surface area (Å²) < 4.78 is 23.6. The average Bonchev–Trinajstić information content (AvgIpc) is 3.36. The Balaban J connectivity index is 1.83. The van der Waals surface area contributed by atoms with Gasteiger partial charge in [-0.1, -0.05) is 0 Å². The second-order valence-electron chi connectivity index (χ2n) is 6.71. The van der Waals surface area contributed by atoms with E-state index in [0.29, 0.717) is 15.9 Å². The maximum Gasteiger partial charge on any atom is 0.166 e. The zero-order valence-electron chi connectivity index (χ0n) is 14.0. The van der Waals surface area contributed by atoms with E-state index in [-0.39, 0.29) is 6.04 Å². The molecule has 2 atom stereocenters. The standard InChI is InChI=1S/C18H21N3O2S2/c1-2-19-18(24)21-14-6-5-11-7-16(25(22)23)12-8-15(10-3-4-10)20-9-13(12)17(11)14/h7-10,14H,2-6H2,1H3,(H,22,23)(H2,19,21,24)/p-1. The normalized spacial score (nSPS) is 20.3. The van der Waals surface area contributed by atoms with Crippen LogP contribution in [0.25, 0.3) is 10.8 Å². The molecule has 2 aliphatic carbocycles. The third-order valence-corrected chi connectivity index (χ3v) is 5.96. The molecule has 1 saturated carbocycles. The van der Waals surface area contributed by atoms with Gasteiger partial charge in [-0.25, -0.2) is 0 Å². The van der Waals surface area contributed by atoms with Crippen molar-refractivity contribution in [1.29, 1.82) is 0 Å². The van der Waals surface area contributed by atoms with Gasteiger partial charge in [0.2, 0.25) is 0 Å². The first-order valence-electron chi connectivity index (χ1n) is 8.67. The highest BCUT2D eigenvalue weighted by atomic mass is 32.2. The number of aryl methyl sites for hydroxylation is 1. The van der Waals surface area contributed by atoms with Crippen molar-refractivity contribution in [2.45, 2.75) is 49.5 Å². The lowest BCUT2D eigenvalue weighted by atomic mass is 9.99. The van der Waals surface area contributed by atoms with Crippen molar-refractivity contribution in [3.63, 3.8) is 0 Å². The minimum absolute atomic E-state index is 0.0896. The number of thiocarbonyl (C=S) groups is 1. The van der Waals surface area contributed by atoms with Gasteiger partial charge in [0, 0.05) is 40.0 Å². The maximum absolute atomic E-state index is 11.8. The van der Waals surface area contributed by atoms with Crippen LogP contribution in [0.3, 0.4) is 0 Å². The predicted molar refractivity (Wildman–Crippen MR) is 101 cm³/mol. The molecule has 25 heavy (non-hydrogen) atoms. The molecular formula is C18H20N3O2S2-. The maximum atomic E-state index is 11.8. The lowest BCUT2D eigenvalue weighted by Crippen LogP contribution is -2.36. The van der Waals surface area contributed by atoms with Gasteiger partial charge in [0.15, 0.2) is 5.11 Å². The lowest BCUT2D eigenvalue weighted by Gasteiger charge is -2.20. The summed E-state index contributed by atoms with van der Waals surface area (Å²) in [5, 5.41) is 8.83. The van der Waals surface area contributed by atoms with E-state index in [0.717, 1.165) is 59.8 Å². The second-order valence-corrected chi connectivity index (χ2v) is 8.02. The van der Waals surface area contributed by atoms with E-state index in [1.165, 1.54) is 0 Å². The fraction of sp³-hybridized carbons (Fsp3) is 0.444. The molecule has 1 heterocycles. The van der Waals surface area contributed by atoms with E-state index in [1.807, 2.05) is 25.3 Å². The molecule has 2 N–H and O–H groups in total. The third kappa shape index (κ3) is 3.16. The fourth-order valence-corrected chi connectivity index (χ4v) is 4.57. The topological polar surface area (TPSA) is 77.1 Å². The fourth-order valence-electron chi connectivity index (χ4n) is 3.69. The Morgan fingerprint density at radius 1 is 1.36 bits per heavy atom. The SMILES string of the molecule is CCNC(=S)NC1CCc2cc(S(=O)[O-])c3cc(C4CC4)ncc3c21. The minimum atomic E-state index is -2.26. The second kappa shape index (κ2) is 6.63. The highest BCUT2D eigenvalue weighted by molar-refractivity contribution is 7.80. The molecule has 0 spiro atoms. The average molecular weight is 375 g/mol. The molecular weight excluding hydrogens is 354 g/mol. The van der Waals surface area contributed by atoms with Crippen molar-refractivity contribution in [3.8, 4) is 0 Å². The molecule has 7 heteroatoms. The molecule has 1 aromatic carbocycles. The number of fused-ring (bicyclic) bond motifs is 3. The van der Waals surface area contributed by atoms with Crippen LogP contribution in [0.2, 0.25) is 0 Å². The van der Waals surface area contributed by atoms with Crippen molar-refractivity contribution in [2.75, 3.05) is 6.54 Å². The van der Waals surface area contributed by atoms with Crippen LogP contribution in [0.5, 0.6) is 0 Å². The van der Waals surface area contributed by atoms with Crippen LogP contribution < -0.4 is 10.6 Å². The number of hydrogen-bond acceptors (Lipinski definition) is 4. The molecule has 1 fully saturated rings. The summed E-state index contributed by atoms with van der Waals surface area (Å²) in [5.74, 6) is 0.487. The monoisotopic (exact) mass is 374 g/mol. The van der Waals surface area contributed by atoms with E-state index < -0.39 is 11.1 Å². The molecule has 132 valence electrons. The Labute approximate surface area is 154 Å². The number of pyridine rings is 1. The summed E-state index contributed by atoms with van der Waals surface area (Å²) in [7, 11) is 0. The number of rotatable bonds is 4. The van der Waals surface area contributed by atoms with Crippen LogP contribution >= 0.6 is 12.2 Å². The molecule has 0 bridgehead atoms. The Morgan fingerprint density at radius 3 is 2.84 bits per heavy atom.